The van der Waals surface area contributed by atoms with E-state index in [2.05, 4.69) is 38.1 Å². The van der Waals surface area contributed by atoms with Gasteiger partial charge in [0.05, 0.1) is 0 Å². The van der Waals surface area contributed by atoms with Crippen LogP contribution in [0.25, 0.3) is 0 Å². The molecule has 0 saturated carbocycles. The van der Waals surface area contributed by atoms with Crippen LogP contribution < -0.4 is 0 Å². The third kappa shape index (κ3) is 3.93. The maximum Gasteiger partial charge on any atom is 0.0436 e. The predicted molar refractivity (Wildman–Crippen MR) is 60.2 cm³/mol. The largest absolute Gasteiger partial charge is 0.396 e. The first-order chi connectivity index (χ1) is 6.64. The summed E-state index contributed by atoms with van der Waals surface area (Å²) in [5.74, 6) is 0. The van der Waals surface area contributed by atoms with Gasteiger partial charge >= 0.3 is 0 Å². The van der Waals surface area contributed by atoms with Crippen LogP contribution in [0.15, 0.2) is 30.3 Å². The first-order valence-electron chi connectivity index (χ1n) is 5.29. The van der Waals surface area contributed by atoms with E-state index in [4.69, 9.17) is 5.11 Å². The Morgan fingerprint density at radius 3 is 2.29 bits per heavy atom. The standard InChI is InChI=1S/C13H20O/c1-13(2,10-11-14)9-8-12-6-4-3-5-7-12/h3-7,14H,8-11H2,1-2H3. The SMILES string of the molecule is CC(C)(CCO)CCc1ccccc1. The summed E-state index contributed by atoms with van der Waals surface area (Å²) in [6.45, 7) is 4.72. The van der Waals surface area contributed by atoms with Crippen LogP contribution in [-0.4, -0.2) is 11.7 Å². The van der Waals surface area contributed by atoms with Crippen molar-refractivity contribution in [2.24, 2.45) is 5.41 Å². The Balaban J connectivity index is 2.40. The second-order valence-corrected chi connectivity index (χ2v) is 4.62. The number of aryl methyl sites for hydroxylation is 1. The van der Waals surface area contributed by atoms with E-state index in [1.807, 2.05) is 6.07 Å². The molecule has 0 saturated heterocycles. The van der Waals surface area contributed by atoms with Gasteiger partial charge in [0.2, 0.25) is 0 Å². The van der Waals surface area contributed by atoms with Crippen LogP contribution in [0.5, 0.6) is 0 Å². The monoisotopic (exact) mass is 192 g/mol. The minimum Gasteiger partial charge on any atom is -0.396 e. The number of rotatable bonds is 5. The molecule has 0 aliphatic heterocycles. The highest BCUT2D eigenvalue weighted by molar-refractivity contribution is 5.14. The molecule has 0 fully saturated rings. The summed E-state index contributed by atoms with van der Waals surface area (Å²) < 4.78 is 0. The van der Waals surface area contributed by atoms with Crippen LogP contribution in [0, 0.1) is 5.41 Å². The van der Waals surface area contributed by atoms with Gasteiger partial charge in [0.1, 0.15) is 0 Å². The molecule has 0 amide bonds. The van der Waals surface area contributed by atoms with Crippen molar-refractivity contribution >= 4 is 0 Å². The Kier molecular flexibility index (Phi) is 4.15. The summed E-state index contributed by atoms with van der Waals surface area (Å²) >= 11 is 0. The molecule has 0 aromatic heterocycles. The quantitative estimate of drug-likeness (QED) is 0.760. The van der Waals surface area contributed by atoms with E-state index in [1.54, 1.807) is 0 Å². The maximum absolute atomic E-state index is 8.90. The number of benzene rings is 1. The zero-order valence-electron chi connectivity index (χ0n) is 9.16. The summed E-state index contributed by atoms with van der Waals surface area (Å²) in [5, 5.41) is 8.90. The molecular weight excluding hydrogens is 172 g/mol. The fourth-order valence-corrected chi connectivity index (χ4v) is 1.56. The average molecular weight is 192 g/mol. The maximum atomic E-state index is 8.90. The molecule has 0 aliphatic carbocycles. The lowest BCUT2D eigenvalue weighted by atomic mass is 9.83. The van der Waals surface area contributed by atoms with Gasteiger partial charge in [0, 0.05) is 6.61 Å². The molecule has 1 heteroatoms. The molecule has 1 aromatic rings. The van der Waals surface area contributed by atoms with Crippen molar-refractivity contribution in [3.8, 4) is 0 Å². The van der Waals surface area contributed by atoms with Gasteiger partial charge in [-0.05, 0) is 30.2 Å². The van der Waals surface area contributed by atoms with Crippen LogP contribution in [-0.2, 0) is 6.42 Å². The van der Waals surface area contributed by atoms with Crippen molar-refractivity contribution in [1.29, 1.82) is 0 Å². The Labute approximate surface area is 86.8 Å². The summed E-state index contributed by atoms with van der Waals surface area (Å²) in [6.07, 6.45) is 3.13. The molecular formula is C13H20O. The van der Waals surface area contributed by atoms with Gasteiger partial charge < -0.3 is 5.11 Å². The summed E-state index contributed by atoms with van der Waals surface area (Å²) in [4.78, 5) is 0. The molecule has 1 N–H and O–H groups in total. The topological polar surface area (TPSA) is 20.2 Å². The van der Waals surface area contributed by atoms with Crippen LogP contribution >= 0.6 is 0 Å². The van der Waals surface area contributed by atoms with E-state index < -0.39 is 0 Å². The highest BCUT2D eigenvalue weighted by Gasteiger charge is 2.16. The Bertz CT molecular complexity index is 251. The van der Waals surface area contributed by atoms with Gasteiger partial charge in [-0.25, -0.2) is 0 Å². The van der Waals surface area contributed by atoms with Gasteiger partial charge in [-0.2, -0.15) is 0 Å². The van der Waals surface area contributed by atoms with Crippen LogP contribution in [0.4, 0.5) is 0 Å². The Hall–Kier alpha value is -0.820. The summed E-state index contributed by atoms with van der Waals surface area (Å²) in [6, 6.07) is 10.5. The van der Waals surface area contributed by atoms with Crippen molar-refractivity contribution in [2.45, 2.75) is 33.1 Å². The minimum atomic E-state index is 0.255. The van der Waals surface area contributed by atoms with E-state index >= 15 is 0 Å². The van der Waals surface area contributed by atoms with Gasteiger partial charge in [0.15, 0.2) is 0 Å². The predicted octanol–water partition coefficient (Wildman–Crippen LogP) is 3.03. The molecule has 1 rings (SSSR count). The van der Waals surface area contributed by atoms with E-state index in [0.29, 0.717) is 6.61 Å². The molecule has 0 unspecified atom stereocenters. The van der Waals surface area contributed by atoms with E-state index in [-0.39, 0.29) is 5.41 Å². The molecule has 14 heavy (non-hydrogen) atoms. The molecule has 0 spiro atoms. The van der Waals surface area contributed by atoms with Gasteiger partial charge in [-0.15, -0.1) is 0 Å². The molecule has 1 aromatic carbocycles. The number of hydrogen-bond acceptors (Lipinski definition) is 1. The smallest absolute Gasteiger partial charge is 0.0436 e. The molecule has 0 atom stereocenters. The molecule has 1 nitrogen and oxygen atoms in total. The normalized spacial score (nSPS) is 11.6. The van der Waals surface area contributed by atoms with Crippen molar-refractivity contribution < 1.29 is 5.11 Å². The van der Waals surface area contributed by atoms with Crippen LogP contribution in [0.2, 0.25) is 0 Å². The van der Waals surface area contributed by atoms with E-state index in [0.717, 1.165) is 19.3 Å². The fourth-order valence-electron chi connectivity index (χ4n) is 1.56. The lowest BCUT2D eigenvalue weighted by Gasteiger charge is -2.23. The number of hydrogen-bond donors (Lipinski definition) is 1. The molecule has 0 aliphatic rings. The van der Waals surface area contributed by atoms with Crippen molar-refractivity contribution in [1.82, 2.24) is 0 Å². The summed E-state index contributed by atoms with van der Waals surface area (Å²) in [5.41, 5.74) is 1.64. The lowest BCUT2D eigenvalue weighted by Crippen LogP contribution is -2.14. The van der Waals surface area contributed by atoms with Crippen molar-refractivity contribution in [3.05, 3.63) is 35.9 Å². The average Bonchev–Trinajstić information content (AvgIpc) is 2.17. The second-order valence-electron chi connectivity index (χ2n) is 4.62. The molecule has 0 radical (unpaired) electrons. The second kappa shape index (κ2) is 5.16. The van der Waals surface area contributed by atoms with Gasteiger partial charge in [-0.1, -0.05) is 44.2 Å². The first kappa shape index (κ1) is 11.3. The van der Waals surface area contributed by atoms with Crippen LogP contribution in [0.3, 0.4) is 0 Å². The van der Waals surface area contributed by atoms with Gasteiger partial charge in [-0.3, -0.25) is 0 Å². The zero-order valence-corrected chi connectivity index (χ0v) is 9.16. The minimum absolute atomic E-state index is 0.255. The molecule has 0 bridgehead atoms. The first-order valence-corrected chi connectivity index (χ1v) is 5.29. The Morgan fingerprint density at radius 1 is 1.07 bits per heavy atom. The highest BCUT2D eigenvalue weighted by Crippen LogP contribution is 2.26. The molecule has 78 valence electrons. The lowest BCUT2D eigenvalue weighted by molar-refractivity contribution is 0.202. The molecule has 0 heterocycles. The van der Waals surface area contributed by atoms with E-state index in [1.165, 1.54) is 5.56 Å². The number of aliphatic hydroxyl groups excluding tert-OH is 1. The third-order valence-electron chi connectivity index (χ3n) is 2.72. The van der Waals surface area contributed by atoms with Gasteiger partial charge in [0.25, 0.3) is 0 Å². The highest BCUT2D eigenvalue weighted by atomic mass is 16.3. The summed E-state index contributed by atoms with van der Waals surface area (Å²) in [7, 11) is 0. The fraction of sp³-hybridized carbons (Fsp3) is 0.538. The van der Waals surface area contributed by atoms with Crippen molar-refractivity contribution in [2.75, 3.05) is 6.61 Å². The van der Waals surface area contributed by atoms with Crippen LogP contribution in [0.1, 0.15) is 32.3 Å². The third-order valence-corrected chi connectivity index (χ3v) is 2.72. The zero-order chi connectivity index (χ0) is 10.4. The van der Waals surface area contributed by atoms with E-state index in [9.17, 15) is 0 Å². The van der Waals surface area contributed by atoms with Crippen molar-refractivity contribution in [3.63, 3.8) is 0 Å². The Morgan fingerprint density at radius 2 is 1.71 bits per heavy atom. The number of aliphatic hydroxyl groups is 1.